The third-order valence-electron chi connectivity index (χ3n) is 2.96. The van der Waals surface area contributed by atoms with Gasteiger partial charge in [-0.3, -0.25) is 9.59 Å². The van der Waals surface area contributed by atoms with Gasteiger partial charge in [0.25, 0.3) is 0 Å². The molecule has 5 nitrogen and oxygen atoms in total. The van der Waals surface area contributed by atoms with Crippen molar-refractivity contribution in [3.63, 3.8) is 0 Å². The maximum Gasteiger partial charge on any atom is 0.308 e. The highest BCUT2D eigenvalue weighted by Crippen LogP contribution is 2.20. The minimum Gasteiger partial charge on any atom is -0.427 e. The molecule has 0 radical (unpaired) electrons. The number of hydrogen-bond donors (Lipinski definition) is 1. The summed E-state index contributed by atoms with van der Waals surface area (Å²) in [6, 6.07) is 14.3. The molecule has 0 aliphatic rings. The van der Waals surface area contributed by atoms with Crippen LogP contribution < -0.4 is 10.2 Å². The number of hydrazone groups is 1. The van der Waals surface area contributed by atoms with Gasteiger partial charge in [0.05, 0.1) is 6.21 Å². The second-order valence-corrected chi connectivity index (χ2v) is 6.61. The van der Waals surface area contributed by atoms with Crippen molar-refractivity contribution >= 4 is 41.5 Å². The minimum atomic E-state index is -0.370. The number of amides is 1. The molecule has 0 saturated carbocycles. The third kappa shape index (κ3) is 7.41. The van der Waals surface area contributed by atoms with E-state index >= 15 is 0 Å². The summed E-state index contributed by atoms with van der Waals surface area (Å²) in [5.74, 6) is 0.590. The molecule has 2 aromatic rings. The Hall–Kier alpha value is -2.31. The van der Waals surface area contributed by atoms with E-state index in [1.54, 1.807) is 36.0 Å². The minimum absolute atomic E-state index is 0.158. The number of ether oxygens (including phenoxy) is 1. The largest absolute Gasteiger partial charge is 0.427 e. The van der Waals surface area contributed by atoms with E-state index in [0.717, 1.165) is 10.5 Å². The standard InChI is InChI=1S/C18H17ClN2O3S/c1-13(22)24-16-6-2-14(3-7-16)12-20-21-18(23)10-11-25-17-8-4-15(19)5-9-17/h2-9,12H,10-11H2,1H3,(H,21,23)/b20-12-. The van der Waals surface area contributed by atoms with Crippen LogP contribution in [0.2, 0.25) is 5.02 Å². The Balaban J connectivity index is 1.71. The topological polar surface area (TPSA) is 67.8 Å². The fraction of sp³-hybridized carbons (Fsp3) is 0.167. The molecule has 0 heterocycles. The molecular formula is C18H17ClN2O3S. The number of benzene rings is 2. The summed E-state index contributed by atoms with van der Waals surface area (Å²) < 4.78 is 4.94. The van der Waals surface area contributed by atoms with E-state index in [4.69, 9.17) is 16.3 Å². The van der Waals surface area contributed by atoms with Crippen molar-refractivity contribution in [3.05, 3.63) is 59.1 Å². The Morgan fingerprint density at radius 2 is 1.84 bits per heavy atom. The number of nitrogens with zero attached hydrogens (tertiary/aromatic N) is 1. The van der Waals surface area contributed by atoms with Gasteiger partial charge in [-0.15, -0.1) is 11.8 Å². The summed E-state index contributed by atoms with van der Waals surface area (Å²) in [6.45, 7) is 1.34. The lowest BCUT2D eigenvalue weighted by atomic mass is 10.2. The zero-order valence-corrected chi connectivity index (χ0v) is 15.1. The molecule has 1 N–H and O–H groups in total. The average molecular weight is 377 g/mol. The van der Waals surface area contributed by atoms with Gasteiger partial charge in [0.15, 0.2) is 0 Å². The van der Waals surface area contributed by atoms with Gasteiger partial charge in [-0.25, -0.2) is 5.43 Å². The van der Waals surface area contributed by atoms with Crippen LogP contribution in [-0.2, 0) is 9.59 Å². The van der Waals surface area contributed by atoms with Crippen LogP contribution in [0.25, 0.3) is 0 Å². The zero-order valence-electron chi connectivity index (χ0n) is 13.6. The van der Waals surface area contributed by atoms with Crippen LogP contribution in [0.1, 0.15) is 18.9 Å². The highest BCUT2D eigenvalue weighted by atomic mass is 35.5. The van der Waals surface area contributed by atoms with Gasteiger partial charge in [0, 0.05) is 29.0 Å². The van der Waals surface area contributed by atoms with Crippen molar-refractivity contribution in [2.75, 3.05) is 5.75 Å². The molecule has 7 heteroatoms. The van der Waals surface area contributed by atoms with Crippen LogP contribution in [0.5, 0.6) is 5.75 Å². The quantitative estimate of drug-likeness (QED) is 0.261. The molecule has 0 atom stereocenters. The lowest BCUT2D eigenvalue weighted by Crippen LogP contribution is -2.17. The maximum absolute atomic E-state index is 11.7. The average Bonchev–Trinajstić information content (AvgIpc) is 2.58. The number of carbonyl (C=O) groups is 2. The highest BCUT2D eigenvalue weighted by Gasteiger charge is 2.01. The fourth-order valence-electron chi connectivity index (χ4n) is 1.82. The first-order valence-electron chi connectivity index (χ1n) is 7.52. The lowest BCUT2D eigenvalue weighted by Gasteiger charge is -2.02. The van der Waals surface area contributed by atoms with Gasteiger partial charge in [-0.05, 0) is 54.1 Å². The molecule has 1 amide bonds. The Kier molecular flexibility index (Phi) is 7.50. The molecule has 0 saturated heterocycles. The molecule has 0 aromatic heterocycles. The molecule has 2 aromatic carbocycles. The van der Waals surface area contributed by atoms with Gasteiger partial charge in [-0.1, -0.05) is 11.6 Å². The number of carbonyl (C=O) groups excluding carboxylic acids is 2. The van der Waals surface area contributed by atoms with Crippen molar-refractivity contribution in [1.29, 1.82) is 0 Å². The van der Waals surface area contributed by atoms with Crippen molar-refractivity contribution in [2.24, 2.45) is 5.10 Å². The second-order valence-electron chi connectivity index (χ2n) is 5.01. The van der Waals surface area contributed by atoms with E-state index in [-0.39, 0.29) is 11.9 Å². The Morgan fingerprint density at radius 1 is 1.16 bits per heavy atom. The van der Waals surface area contributed by atoms with Crippen molar-refractivity contribution in [2.45, 2.75) is 18.2 Å². The lowest BCUT2D eigenvalue weighted by molar-refractivity contribution is -0.131. The first-order chi connectivity index (χ1) is 12.0. The Morgan fingerprint density at radius 3 is 2.48 bits per heavy atom. The van der Waals surface area contributed by atoms with Gasteiger partial charge >= 0.3 is 5.97 Å². The number of esters is 1. The SMILES string of the molecule is CC(=O)Oc1ccc(/C=N\NC(=O)CCSc2ccc(Cl)cc2)cc1. The Bertz CT molecular complexity index is 746. The van der Waals surface area contributed by atoms with E-state index in [1.165, 1.54) is 13.1 Å². The van der Waals surface area contributed by atoms with Crippen LogP contribution in [0.4, 0.5) is 0 Å². The monoisotopic (exact) mass is 376 g/mol. The van der Waals surface area contributed by atoms with E-state index in [2.05, 4.69) is 10.5 Å². The molecule has 0 spiro atoms. The van der Waals surface area contributed by atoms with E-state index < -0.39 is 0 Å². The van der Waals surface area contributed by atoms with Crippen LogP contribution in [-0.4, -0.2) is 23.8 Å². The van der Waals surface area contributed by atoms with Crippen molar-refractivity contribution < 1.29 is 14.3 Å². The first-order valence-corrected chi connectivity index (χ1v) is 8.88. The predicted molar refractivity (Wildman–Crippen MR) is 100 cm³/mol. The number of thioether (sulfide) groups is 1. The molecule has 130 valence electrons. The molecule has 0 bridgehead atoms. The zero-order chi connectivity index (χ0) is 18.1. The summed E-state index contributed by atoms with van der Waals surface area (Å²) in [5.41, 5.74) is 3.27. The van der Waals surface area contributed by atoms with E-state index in [0.29, 0.717) is 22.9 Å². The molecule has 2 rings (SSSR count). The summed E-state index contributed by atoms with van der Waals surface area (Å²) in [5, 5.41) is 4.60. The van der Waals surface area contributed by atoms with Gasteiger partial charge < -0.3 is 4.74 Å². The van der Waals surface area contributed by atoms with Crippen LogP contribution in [0.15, 0.2) is 58.5 Å². The van der Waals surface area contributed by atoms with Crippen LogP contribution in [0.3, 0.4) is 0 Å². The van der Waals surface area contributed by atoms with Crippen LogP contribution in [0, 0.1) is 0 Å². The smallest absolute Gasteiger partial charge is 0.308 e. The third-order valence-corrected chi connectivity index (χ3v) is 4.22. The number of halogens is 1. The van der Waals surface area contributed by atoms with Crippen molar-refractivity contribution in [3.8, 4) is 5.75 Å². The predicted octanol–water partition coefficient (Wildman–Crippen LogP) is 3.90. The van der Waals surface area contributed by atoms with E-state index in [1.807, 2.05) is 24.3 Å². The van der Waals surface area contributed by atoms with Gasteiger partial charge in [0.2, 0.25) is 5.91 Å². The van der Waals surface area contributed by atoms with Gasteiger partial charge in [-0.2, -0.15) is 5.10 Å². The summed E-state index contributed by atoms with van der Waals surface area (Å²) >= 11 is 7.40. The number of nitrogens with one attached hydrogen (secondary N) is 1. The second kappa shape index (κ2) is 9.86. The first kappa shape index (κ1) is 19.0. The fourth-order valence-corrected chi connectivity index (χ4v) is 2.79. The molecule has 0 aliphatic heterocycles. The molecular weight excluding hydrogens is 360 g/mol. The molecule has 25 heavy (non-hydrogen) atoms. The summed E-state index contributed by atoms with van der Waals surface area (Å²) in [6.07, 6.45) is 1.89. The normalized spacial score (nSPS) is 10.6. The molecule has 0 fully saturated rings. The number of rotatable bonds is 7. The summed E-state index contributed by atoms with van der Waals surface area (Å²) in [7, 11) is 0. The Labute approximate surface area is 155 Å². The number of hydrogen-bond acceptors (Lipinski definition) is 5. The van der Waals surface area contributed by atoms with Crippen LogP contribution >= 0.6 is 23.4 Å². The summed E-state index contributed by atoms with van der Waals surface area (Å²) in [4.78, 5) is 23.6. The van der Waals surface area contributed by atoms with E-state index in [9.17, 15) is 9.59 Å². The van der Waals surface area contributed by atoms with Gasteiger partial charge in [0.1, 0.15) is 5.75 Å². The maximum atomic E-state index is 11.7. The molecule has 0 unspecified atom stereocenters. The van der Waals surface area contributed by atoms with Crippen molar-refractivity contribution in [1.82, 2.24) is 5.43 Å². The molecule has 0 aliphatic carbocycles. The highest BCUT2D eigenvalue weighted by molar-refractivity contribution is 7.99.